The minimum absolute atomic E-state index is 0.0451. The van der Waals surface area contributed by atoms with Crippen LogP contribution >= 0.6 is 0 Å². The molecule has 1 aromatic rings. The fourth-order valence-corrected chi connectivity index (χ4v) is 4.06. The number of phenols is 1. The van der Waals surface area contributed by atoms with Gasteiger partial charge in [-0.2, -0.15) is 0 Å². The maximum absolute atomic E-state index is 12.7. The summed E-state index contributed by atoms with van der Waals surface area (Å²) in [5.41, 5.74) is 7.17. The van der Waals surface area contributed by atoms with E-state index in [1.54, 1.807) is 12.1 Å². The van der Waals surface area contributed by atoms with Crippen LogP contribution in [0.2, 0.25) is 0 Å². The summed E-state index contributed by atoms with van der Waals surface area (Å²) in [6, 6.07) is 7.28. The molecule has 132 valence electrons. The Morgan fingerprint density at radius 3 is 2.25 bits per heavy atom. The number of nitrogens with zero attached hydrogens (tertiary/aromatic N) is 2. The molecule has 1 saturated heterocycles. The number of rotatable bonds is 4. The van der Waals surface area contributed by atoms with E-state index in [0.29, 0.717) is 13.0 Å². The molecule has 1 saturated carbocycles. The van der Waals surface area contributed by atoms with Crippen molar-refractivity contribution in [2.45, 2.75) is 38.5 Å². The van der Waals surface area contributed by atoms with Crippen molar-refractivity contribution in [2.75, 3.05) is 37.6 Å². The van der Waals surface area contributed by atoms with Gasteiger partial charge in [-0.1, -0.05) is 19.3 Å². The summed E-state index contributed by atoms with van der Waals surface area (Å²) >= 11 is 0. The Labute approximate surface area is 144 Å². The van der Waals surface area contributed by atoms with Crippen molar-refractivity contribution < 1.29 is 9.90 Å². The van der Waals surface area contributed by atoms with E-state index >= 15 is 0 Å². The van der Waals surface area contributed by atoms with E-state index in [1.165, 1.54) is 19.3 Å². The van der Waals surface area contributed by atoms with Crippen LogP contribution in [0, 0.1) is 5.41 Å². The van der Waals surface area contributed by atoms with E-state index in [0.717, 1.165) is 44.7 Å². The van der Waals surface area contributed by atoms with Gasteiger partial charge in [0.15, 0.2) is 0 Å². The van der Waals surface area contributed by atoms with Gasteiger partial charge < -0.3 is 20.6 Å². The molecular formula is C19H29N3O2. The SMILES string of the molecule is NCC1(CC(=O)N2CCN(c3ccc(O)cc3)CC2)CCCCC1. The number of carbonyl (C=O) groups is 1. The van der Waals surface area contributed by atoms with Crippen LogP contribution in [0.1, 0.15) is 38.5 Å². The molecular weight excluding hydrogens is 302 g/mol. The van der Waals surface area contributed by atoms with E-state index in [4.69, 9.17) is 5.73 Å². The predicted octanol–water partition coefficient (Wildman–Crippen LogP) is 2.34. The molecule has 0 unspecified atom stereocenters. The molecule has 0 radical (unpaired) electrons. The Kier molecular flexibility index (Phi) is 5.29. The van der Waals surface area contributed by atoms with Gasteiger partial charge in [0.2, 0.25) is 5.91 Å². The second kappa shape index (κ2) is 7.43. The zero-order chi connectivity index (χ0) is 17.0. The lowest BCUT2D eigenvalue weighted by molar-refractivity contribution is -0.134. The van der Waals surface area contributed by atoms with Crippen LogP contribution in [0.15, 0.2) is 24.3 Å². The van der Waals surface area contributed by atoms with E-state index < -0.39 is 0 Å². The van der Waals surface area contributed by atoms with Gasteiger partial charge in [0.1, 0.15) is 5.75 Å². The Bertz CT molecular complexity index is 544. The third-order valence-electron chi connectivity index (χ3n) is 5.72. The number of aromatic hydroxyl groups is 1. The van der Waals surface area contributed by atoms with E-state index in [1.807, 2.05) is 17.0 Å². The lowest BCUT2D eigenvalue weighted by Crippen LogP contribution is -2.50. The molecule has 3 N–H and O–H groups in total. The van der Waals surface area contributed by atoms with Crippen LogP contribution in [-0.4, -0.2) is 48.6 Å². The topological polar surface area (TPSA) is 69.8 Å². The van der Waals surface area contributed by atoms with E-state index in [-0.39, 0.29) is 17.1 Å². The average molecular weight is 331 g/mol. The van der Waals surface area contributed by atoms with Crippen LogP contribution in [0.4, 0.5) is 5.69 Å². The number of phenolic OH excluding ortho intramolecular Hbond substituents is 1. The van der Waals surface area contributed by atoms with Crippen LogP contribution in [0.5, 0.6) is 5.75 Å². The molecule has 0 spiro atoms. The highest BCUT2D eigenvalue weighted by atomic mass is 16.3. The predicted molar refractivity (Wildman–Crippen MR) is 96.1 cm³/mol. The molecule has 1 aliphatic carbocycles. The molecule has 1 amide bonds. The van der Waals surface area contributed by atoms with E-state index in [2.05, 4.69) is 4.90 Å². The quantitative estimate of drug-likeness (QED) is 0.888. The summed E-state index contributed by atoms with van der Waals surface area (Å²) in [6.07, 6.45) is 6.51. The van der Waals surface area contributed by atoms with Crippen molar-refractivity contribution in [1.82, 2.24) is 4.90 Å². The Balaban J connectivity index is 1.54. The van der Waals surface area contributed by atoms with Gasteiger partial charge in [-0.05, 0) is 49.1 Å². The summed E-state index contributed by atoms with van der Waals surface area (Å²) < 4.78 is 0. The largest absolute Gasteiger partial charge is 0.508 e. The van der Waals surface area contributed by atoms with Gasteiger partial charge in [0.25, 0.3) is 0 Å². The summed E-state index contributed by atoms with van der Waals surface area (Å²) in [6.45, 7) is 3.84. The van der Waals surface area contributed by atoms with Crippen molar-refractivity contribution in [1.29, 1.82) is 0 Å². The normalized spacial score (nSPS) is 20.9. The molecule has 24 heavy (non-hydrogen) atoms. The summed E-state index contributed by atoms with van der Waals surface area (Å²) in [5.74, 6) is 0.555. The highest BCUT2D eigenvalue weighted by molar-refractivity contribution is 5.77. The number of piperazine rings is 1. The van der Waals surface area contributed by atoms with Crippen molar-refractivity contribution >= 4 is 11.6 Å². The van der Waals surface area contributed by atoms with Gasteiger partial charge in [-0.25, -0.2) is 0 Å². The molecule has 5 heteroatoms. The summed E-state index contributed by atoms with van der Waals surface area (Å²) in [4.78, 5) is 17.0. The molecule has 2 fully saturated rings. The number of carbonyl (C=O) groups excluding carboxylic acids is 1. The molecule has 1 aliphatic heterocycles. The molecule has 5 nitrogen and oxygen atoms in total. The molecule has 1 heterocycles. The molecule has 3 rings (SSSR count). The van der Waals surface area contributed by atoms with E-state index in [9.17, 15) is 9.90 Å². The number of hydrogen-bond donors (Lipinski definition) is 2. The van der Waals surface area contributed by atoms with Crippen LogP contribution in [0.3, 0.4) is 0 Å². The van der Waals surface area contributed by atoms with Crippen molar-refractivity contribution in [3.05, 3.63) is 24.3 Å². The zero-order valence-corrected chi connectivity index (χ0v) is 14.4. The van der Waals surface area contributed by atoms with Crippen LogP contribution in [-0.2, 0) is 4.79 Å². The fraction of sp³-hybridized carbons (Fsp3) is 0.632. The Morgan fingerprint density at radius 2 is 1.67 bits per heavy atom. The van der Waals surface area contributed by atoms with Gasteiger partial charge in [-0.3, -0.25) is 4.79 Å². The fourth-order valence-electron chi connectivity index (χ4n) is 4.06. The highest BCUT2D eigenvalue weighted by Crippen LogP contribution is 2.38. The monoisotopic (exact) mass is 331 g/mol. The Morgan fingerprint density at radius 1 is 1.04 bits per heavy atom. The van der Waals surface area contributed by atoms with Crippen molar-refractivity contribution in [3.8, 4) is 5.75 Å². The lowest BCUT2D eigenvalue weighted by atomic mass is 9.71. The van der Waals surface area contributed by atoms with Crippen molar-refractivity contribution in [2.24, 2.45) is 11.1 Å². The lowest BCUT2D eigenvalue weighted by Gasteiger charge is -2.40. The number of benzene rings is 1. The first-order valence-corrected chi connectivity index (χ1v) is 9.14. The molecule has 0 bridgehead atoms. The molecule has 0 atom stereocenters. The maximum atomic E-state index is 12.7. The van der Waals surface area contributed by atoms with Gasteiger partial charge in [0, 0.05) is 38.3 Å². The van der Waals surface area contributed by atoms with Crippen LogP contribution in [0.25, 0.3) is 0 Å². The third kappa shape index (κ3) is 3.83. The summed E-state index contributed by atoms with van der Waals surface area (Å²) in [5, 5.41) is 9.39. The highest BCUT2D eigenvalue weighted by Gasteiger charge is 2.35. The first-order chi connectivity index (χ1) is 11.6. The standard InChI is InChI=1S/C19H29N3O2/c20-15-19(8-2-1-3-9-19)14-18(24)22-12-10-21(11-13-22)16-4-6-17(23)7-5-16/h4-7,23H,1-3,8-15,20H2. The van der Waals surface area contributed by atoms with Crippen LogP contribution < -0.4 is 10.6 Å². The summed E-state index contributed by atoms with van der Waals surface area (Å²) in [7, 11) is 0. The Hall–Kier alpha value is -1.75. The number of nitrogens with two attached hydrogens (primary N) is 1. The third-order valence-corrected chi connectivity index (χ3v) is 5.72. The van der Waals surface area contributed by atoms with Gasteiger partial charge in [-0.15, -0.1) is 0 Å². The number of amides is 1. The minimum Gasteiger partial charge on any atom is -0.508 e. The zero-order valence-electron chi connectivity index (χ0n) is 14.4. The molecule has 1 aromatic carbocycles. The average Bonchev–Trinajstić information content (AvgIpc) is 2.63. The van der Waals surface area contributed by atoms with Crippen molar-refractivity contribution in [3.63, 3.8) is 0 Å². The maximum Gasteiger partial charge on any atom is 0.223 e. The van der Waals surface area contributed by atoms with Gasteiger partial charge in [0.05, 0.1) is 0 Å². The first kappa shape index (κ1) is 17.1. The number of anilines is 1. The molecule has 0 aromatic heterocycles. The minimum atomic E-state index is 0.0451. The second-order valence-corrected chi connectivity index (χ2v) is 7.33. The van der Waals surface area contributed by atoms with Gasteiger partial charge >= 0.3 is 0 Å². The smallest absolute Gasteiger partial charge is 0.223 e. The number of hydrogen-bond acceptors (Lipinski definition) is 4. The molecule has 2 aliphatic rings. The second-order valence-electron chi connectivity index (χ2n) is 7.33. The first-order valence-electron chi connectivity index (χ1n) is 9.14.